The molecule has 0 aromatic heterocycles. The van der Waals surface area contributed by atoms with Gasteiger partial charge in [-0.1, -0.05) is 18.2 Å². The maximum atomic E-state index is 12.6. The molecule has 2 aromatic rings. The third-order valence-corrected chi connectivity index (χ3v) is 5.77. The fourth-order valence-corrected chi connectivity index (χ4v) is 3.94. The molecule has 7 heteroatoms. The average molecular weight is 427 g/mol. The van der Waals surface area contributed by atoms with Gasteiger partial charge in [0, 0.05) is 36.4 Å². The monoisotopic (exact) mass is 426 g/mol. The molecule has 2 aromatic carbocycles. The minimum atomic E-state index is -0.0602. The molecule has 6 nitrogen and oxygen atoms in total. The Bertz CT molecular complexity index is 915. The van der Waals surface area contributed by atoms with Gasteiger partial charge in [-0.05, 0) is 41.5 Å². The van der Waals surface area contributed by atoms with Gasteiger partial charge in [0.25, 0.3) is 0 Å². The van der Waals surface area contributed by atoms with Crippen LogP contribution >= 0.6 is 11.8 Å². The van der Waals surface area contributed by atoms with E-state index in [1.165, 1.54) is 4.90 Å². The highest BCUT2D eigenvalue weighted by Gasteiger charge is 2.20. The zero-order valence-electron chi connectivity index (χ0n) is 17.2. The summed E-state index contributed by atoms with van der Waals surface area (Å²) >= 11 is 1.70. The second kappa shape index (κ2) is 10.7. The number of hydrogen-bond acceptors (Lipinski definition) is 5. The lowest BCUT2D eigenvalue weighted by Crippen LogP contribution is -2.33. The molecule has 1 aliphatic heterocycles. The molecule has 0 aliphatic carbocycles. The number of benzene rings is 2. The number of nitrogens with zero attached hydrogens (tertiary/aromatic N) is 1. The number of rotatable bonds is 9. The maximum absolute atomic E-state index is 12.6. The molecule has 0 fully saturated rings. The molecule has 1 aliphatic rings. The number of fused-ring (bicyclic) bond motifs is 1. The van der Waals surface area contributed by atoms with E-state index in [1.807, 2.05) is 48.5 Å². The van der Waals surface area contributed by atoms with E-state index in [0.717, 1.165) is 16.9 Å². The lowest BCUT2D eigenvalue weighted by atomic mass is 10.0. The van der Waals surface area contributed by atoms with Crippen molar-refractivity contribution in [1.82, 2.24) is 10.2 Å². The van der Waals surface area contributed by atoms with Gasteiger partial charge in [0.05, 0.1) is 20.6 Å². The lowest BCUT2D eigenvalue weighted by Gasteiger charge is -2.17. The summed E-state index contributed by atoms with van der Waals surface area (Å²) in [6, 6.07) is 13.8. The van der Waals surface area contributed by atoms with E-state index in [9.17, 15) is 9.59 Å². The number of amides is 2. The van der Waals surface area contributed by atoms with Gasteiger partial charge in [0.2, 0.25) is 11.8 Å². The van der Waals surface area contributed by atoms with Crippen molar-refractivity contribution in [3.63, 3.8) is 0 Å². The summed E-state index contributed by atoms with van der Waals surface area (Å²) < 4.78 is 10.7. The molecule has 0 bridgehead atoms. The number of carbonyl (C=O) groups excluding carboxylic acids is 2. The molecular formula is C23H26N2O4S. The maximum Gasteiger partial charge on any atom is 0.230 e. The Balaban J connectivity index is 1.48. The van der Waals surface area contributed by atoms with Gasteiger partial charge in [0.1, 0.15) is 0 Å². The van der Waals surface area contributed by atoms with Crippen LogP contribution in [0.3, 0.4) is 0 Å². The Morgan fingerprint density at radius 1 is 1.13 bits per heavy atom. The molecule has 0 spiro atoms. The van der Waals surface area contributed by atoms with E-state index in [1.54, 1.807) is 37.1 Å². The summed E-state index contributed by atoms with van der Waals surface area (Å²) in [4.78, 5) is 27.6. The number of ether oxygens (including phenoxy) is 2. The third kappa shape index (κ3) is 5.79. The van der Waals surface area contributed by atoms with Crippen molar-refractivity contribution < 1.29 is 19.1 Å². The van der Waals surface area contributed by atoms with E-state index in [2.05, 4.69) is 5.32 Å². The molecule has 158 valence electrons. The SMILES string of the molecule is COc1cc2c(cc1OC)CC(=O)N(CCC(=O)NCCSc1ccccc1)C=C2. The van der Waals surface area contributed by atoms with Gasteiger partial charge in [-0.2, -0.15) is 0 Å². The predicted octanol–water partition coefficient (Wildman–Crippen LogP) is 3.36. The molecule has 0 atom stereocenters. The molecule has 1 heterocycles. The van der Waals surface area contributed by atoms with E-state index >= 15 is 0 Å². The quantitative estimate of drug-likeness (QED) is 0.492. The second-order valence-corrected chi connectivity index (χ2v) is 7.92. The average Bonchev–Trinajstić information content (AvgIpc) is 2.92. The number of thioether (sulfide) groups is 1. The second-order valence-electron chi connectivity index (χ2n) is 6.75. The van der Waals surface area contributed by atoms with Gasteiger partial charge in [-0.15, -0.1) is 11.8 Å². The Kier molecular flexibility index (Phi) is 7.79. The normalized spacial score (nSPS) is 12.9. The van der Waals surface area contributed by atoms with Crippen molar-refractivity contribution in [3.05, 3.63) is 59.8 Å². The van der Waals surface area contributed by atoms with Crippen molar-refractivity contribution in [2.24, 2.45) is 0 Å². The summed E-state index contributed by atoms with van der Waals surface area (Å²) in [7, 11) is 3.15. The minimum absolute atomic E-state index is 0.0512. The molecule has 3 rings (SSSR count). The first-order valence-electron chi connectivity index (χ1n) is 9.78. The first-order valence-corrected chi connectivity index (χ1v) is 10.8. The molecule has 0 radical (unpaired) electrons. The number of nitrogens with one attached hydrogen (secondary N) is 1. The summed E-state index contributed by atoms with van der Waals surface area (Å²) in [5.74, 6) is 1.91. The Morgan fingerprint density at radius 3 is 2.60 bits per heavy atom. The van der Waals surface area contributed by atoms with Gasteiger partial charge >= 0.3 is 0 Å². The Labute approximate surface area is 181 Å². The lowest BCUT2D eigenvalue weighted by molar-refractivity contribution is -0.128. The van der Waals surface area contributed by atoms with Crippen molar-refractivity contribution in [3.8, 4) is 11.5 Å². The standard InChI is InChI=1S/C23H26N2O4S/c1-28-20-14-17-8-11-25(23(27)16-18(17)15-21(20)29-2)12-9-22(26)24-10-13-30-19-6-4-3-5-7-19/h3-8,11,14-15H,9-10,12-13,16H2,1-2H3,(H,24,26). The van der Waals surface area contributed by atoms with Crippen molar-refractivity contribution in [2.45, 2.75) is 17.7 Å². The highest BCUT2D eigenvalue weighted by Crippen LogP contribution is 2.32. The van der Waals surface area contributed by atoms with Crippen LogP contribution in [0.5, 0.6) is 11.5 Å². The van der Waals surface area contributed by atoms with E-state index < -0.39 is 0 Å². The van der Waals surface area contributed by atoms with Crippen molar-refractivity contribution in [1.29, 1.82) is 0 Å². The minimum Gasteiger partial charge on any atom is -0.493 e. The van der Waals surface area contributed by atoms with Gasteiger partial charge in [0.15, 0.2) is 11.5 Å². The first kappa shape index (κ1) is 21.8. The molecule has 30 heavy (non-hydrogen) atoms. The summed E-state index contributed by atoms with van der Waals surface area (Å²) in [5.41, 5.74) is 1.78. The largest absolute Gasteiger partial charge is 0.493 e. The van der Waals surface area contributed by atoms with Crippen LogP contribution in [0.1, 0.15) is 17.5 Å². The van der Waals surface area contributed by atoms with Crippen molar-refractivity contribution >= 4 is 29.7 Å². The highest BCUT2D eigenvalue weighted by atomic mass is 32.2. The van der Waals surface area contributed by atoms with Crippen LogP contribution in [-0.4, -0.2) is 49.8 Å². The van der Waals surface area contributed by atoms with Gasteiger partial charge < -0.3 is 19.7 Å². The molecule has 1 N–H and O–H groups in total. The third-order valence-electron chi connectivity index (χ3n) is 4.76. The zero-order valence-corrected chi connectivity index (χ0v) is 18.0. The fourth-order valence-electron chi connectivity index (χ4n) is 3.15. The van der Waals surface area contributed by atoms with Crippen LogP contribution in [0, 0.1) is 0 Å². The molecular weight excluding hydrogens is 400 g/mol. The zero-order chi connectivity index (χ0) is 21.3. The molecule has 2 amide bonds. The Morgan fingerprint density at radius 2 is 1.87 bits per heavy atom. The van der Waals surface area contributed by atoms with E-state index in [0.29, 0.717) is 24.6 Å². The molecule has 0 unspecified atom stereocenters. The van der Waals surface area contributed by atoms with Gasteiger partial charge in [-0.25, -0.2) is 0 Å². The Hall–Kier alpha value is -2.93. The van der Waals surface area contributed by atoms with Gasteiger partial charge in [-0.3, -0.25) is 9.59 Å². The van der Waals surface area contributed by atoms with E-state index in [4.69, 9.17) is 9.47 Å². The summed E-state index contributed by atoms with van der Waals surface area (Å²) in [6.45, 7) is 0.933. The topological polar surface area (TPSA) is 67.9 Å². The summed E-state index contributed by atoms with van der Waals surface area (Å²) in [5, 5.41) is 2.92. The first-order chi connectivity index (χ1) is 14.6. The van der Waals surface area contributed by atoms with Crippen LogP contribution in [0.2, 0.25) is 0 Å². The fraction of sp³-hybridized carbons (Fsp3) is 0.304. The van der Waals surface area contributed by atoms with Crippen LogP contribution < -0.4 is 14.8 Å². The molecule has 0 saturated heterocycles. The number of hydrogen-bond donors (Lipinski definition) is 1. The molecule has 0 saturated carbocycles. The van der Waals surface area contributed by atoms with E-state index in [-0.39, 0.29) is 24.7 Å². The van der Waals surface area contributed by atoms with Crippen LogP contribution in [0.25, 0.3) is 6.08 Å². The summed E-state index contributed by atoms with van der Waals surface area (Å²) in [6.07, 6.45) is 4.11. The van der Waals surface area contributed by atoms with Crippen LogP contribution in [0.15, 0.2) is 53.6 Å². The predicted molar refractivity (Wildman–Crippen MR) is 119 cm³/mol. The van der Waals surface area contributed by atoms with Crippen LogP contribution in [0.4, 0.5) is 0 Å². The number of carbonyl (C=O) groups is 2. The van der Waals surface area contributed by atoms with Crippen LogP contribution in [-0.2, 0) is 16.0 Å². The smallest absolute Gasteiger partial charge is 0.230 e. The number of methoxy groups -OCH3 is 2. The van der Waals surface area contributed by atoms with Crippen molar-refractivity contribution in [2.75, 3.05) is 33.1 Å². The highest BCUT2D eigenvalue weighted by molar-refractivity contribution is 7.99.